The van der Waals surface area contributed by atoms with Crippen molar-refractivity contribution < 1.29 is 17.7 Å². The Labute approximate surface area is 290 Å². The maximum atomic E-state index is 6.50. The third-order valence-corrected chi connectivity index (χ3v) is 16.3. The van der Waals surface area contributed by atoms with Crippen LogP contribution in [0.25, 0.3) is 0 Å². The molecule has 0 spiro atoms. The molecule has 194 valence electrons. The van der Waals surface area contributed by atoms with E-state index in [1.165, 1.54) is 0 Å². The minimum absolute atomic E-state index is 0.105. The number of benzene rings is 3. The molecule has 3 rings (SSSR count). The maximum Gasteiger partial charge on any atom is 0.893 e. The van der Waals surface area contributed by atoms with Crippen LogP contribution in [-0.2, 0) is 4.43 Å². The molecule has 0 radical (unpaired) electrons. The number of alkyl halides is 1. The SMILES string of the molecule is CC(Cl)CO[Si](Oc1ccc(Br)c(Br)c1Br)(Oc1ccc(Br)c(Br)c1Br)Oc1ccc(Br)c(Br)c1Br. The molecule has 3 aromatic rings. The van der Waals surface area contributed by atoms with E-state index in [4.69, 9.17) is 29.3 Å². The van der Waals surface area contributed by atoms with Gasteiger partial charge in [-0.1, -0.05) is 0 Å². The van der Waals surface area contributed by atoms with Crippen LogP contribution in [0, 0.1) is 0 Å². The first kappa shape index (κ1) is 32.4. The minimum Gasteiger partial charge on any atom is -0.460 e. The van der Waals surface area contributed by atoms with Crippen LogP contribution in [0.5, 0.6) is 17.2 Å². The summed E-state index contributed by atoms with van der Waals surface area (Å²) in [5.41, 5.74) is 0. The van der Waals surface area contributed by atoms with Gasteiger partial charge in [0.2, 0.25) is 0 Å². The molecule has 15 heteroatoms. The normalized spacial score (nSPS) is 12.4. The first-order valence-electron chi connectivity index (χ1n) is 9.60. The molecular weight excluding hydrogens is 1100 g/mol. The highest BCUT2D eigenvalue weighted by molar-refractivity contribution is 9.15. The molecule has 36 heavy (non-hydrogen) atoms. The summed E-state index contributed by atoms with van der Waals surface area (Å²) < 4.78 is 32.5. The van der Waals surface area contributed by atoms with Crippen LogP contribution in [0.15, 0.2) is 76.7 Å². The van der Waals surface area contributed by atoms with Gasteiger partial charge in [-0.25, -0.2) is 0 Å². The van der Waals surface area contributed by atoms with E-state index in [-0.39, 0.29) is 12.0 Å². The van der Waals surface area contributed by atoms with Crippen molar-refractivity contribution in [2.45, 2.75) is 12.3 Å². The first-order valence-corrected chi connectivity index (χ1v) is 18.8. The molecule has 0 heterocycles. The Balaban J connectivity index is 2.20. The van der Waals surface area contributed by atoms with E-state index < -0.39 is 9.05 Å². The van der Waals surface area contributed by atoms with Crippen LogP contribution < -0.4 is 13.3 Å². The zero-order valence-electron chi connectivity index (χ0n) is 17.7. The Kier molecular flexibility index (Phi) is 12.7. The van der Waals surface area contributed by atoms with Gasteiger partial charge in [0, 0.05) is 26.8 Å². The van der Waals surface area contributed by atoms with E-state index in [0.29, 0.717) is 30.7 Å². The molecule has 0 aliphatic heterocycles. The Hall–Kier alpha value is 1.85. The van der Waals surface area contributed by atoms with E-state index in [1.54, 1.807) is 18.2 Å². The van der Waals surface area contributed by atoms with E-state index in [2.05, 4.69) is 143 Å². The van der Waals surface area contributed by atoms with Gasteiger partial charge in [-0.05, 0) is 187 Å². The van der Waals surface area contributed by atoms with Crippen molar-refractivity contribution in [3.8, 4) is 17.2 Å². The molecule has 0 aromatic heterocycles. The molecule has 0 aliphatic rings. The molecule has 4 nitrogen and oxygen atoms in total. The summed E-state index contributed by atoms with van der Waals surface area (Å²) in [7, 11) is -4.08. The average Bonchev–Trinajstić information content (AvgIpc) is 2.84. The van der Waals surface area contributed by atoms with Gasteiger partial charge in [0.05, 0.1) is 25.4 Å². The smallest absolute Gasteiger partial charge is 0.460 e. The zero-order valence-corrected chi connectivity index (χ0v) is 33.7. The van der Waals surface area contributed by atoms with Crippen molar-refractivity contribution in [2.75, 3.05) is 6.61 Å². The highest BCUT2D eigenvalue weighted by atomic mass is 79.9. The fourth-order valence-electron chi connectivity index (χ4n) is 2.53. The van der Waals surface area contributed by atoms with Crippen LogP contribution in [0.3, 0.4) is 0 Å². The molecule has 0 saturated carbocycles. The lowest BCUT2D eigenvalue weighted by Crippen LogP contribution is -2.58. The van der Waals surface area contributed by atoms with Gasteiger partial charge in [-0.3, -0.25) is 0 Å². The number of hydrogen-bond acceptors (Lipinski definition) is 4. The summed E-state index contributed by atoms with van der Waals surface area (Å²) >= 11 is 38.2. The lowest BCUT2D eigenvalue weighted by atomic mass is 10.3. The van der Waals surface area contributed by atoms with Crippen molar-refractivity contribution in [1.29, 1.82) is 0 Å². The van der Waals surface area contributed by atoms with Crippen molar-refractivity contribution in [3.63, 3.8) is 0 Å². The third kappa shape index (κ3) is 7.98. The molecule has 1 atom stereocenters. The van der Waals surface area contributed by atoms with Crippen LogP contribution in [0.4, 0.5) is 0 Å². The van der Waals surface area contributed by atoms with E-state index in [0.717, 1.165) is 26.8 Å². The predicted molar refractivity (Wildman–Crippen MR) is 178 cm³/mol. The highest BCUT2D eigenvalue weighted by Gasteiger charge is 2.56. The molecule has 0 amide bonds. The number of halogens is 10. The van der Waals surface area contributed by atoms with Gasteiger partial charge in [0.15, 0.2) is 0 Å². The van der Waals surface area contributed by atoms with Crippen molar-refractivity contribution >= 4 is 164 Å². The monoisotopic (exact) mass is 1100 g/mol. The topological polar surface area (TPSA) is 36.9 Å². The lowest BCUT2D eigenvalue weighted by Gasteiger charge is -2.30. The van der Waals surface area contributed by atoms with E-state index in [9.17, 15) is 0 Å². The molecule has 0 bridgehead atoms. The van der Waals surface area contributed by atoms with Gasteiger partial charge in [0.25, 0.3) is 0 Å². The third-order valence-electron chi connectivity index (χ3n) is 4.19. The molecule has 0 saturated heterocycles. The van der Waals surface area contributed by atoms with Gasteiger partial charge >= 0.3 is 9.05 Å². The van der Waals surface area contributed by atoms with Crippen molar-refractivity contribution in [3.05, 3.63) is 76.7 Å². The predicted octanol–water partition coefficient (Wildman–Crippen LogP) is 12.2. The van der Waals surface area contributed by atoms with Crippen LogP contribution in [0.1, 0.15) is 6.92 Å². The van der Waals surface area contributed by atoms with Crippen molar-refractivity contribution in [2.24, 2.45) is 0 Å². The zero-order chi connectivity index (χ0) is 26.8. The van der Waals surface area contributed by atoms with Crippen molar-refractivity contribution in [1.82, 2.24) is 0 Å². The molecular formula is C21H12Br9ClO4Si. The first-order chi connectivity index (χ1) is 16.8. The lowest BCUT2D eigenvalue weighted by molar-refractivity contribution is 0.0911. The van der Waals surface area contributed by atoms with Crippen LogP contribution >= 0.6 is 155 Å². The summed E-state index contributed by atoms with van der Waals surface area (Å²) in [6.07, 6.45) is 0. The van der Waals surface area contributed by atoms with Crippen LogP contribution in [-0.4, -0.2) is 21.0 Å². The summed E-state index contributed by atoms with van der Waals surface area (Å²) in [6.45, 7) is 1.92. The standard InChI is InChI=1S/C21H12Br9ClO4Si/c1-9(31)8-32-36(33-13-5-2-10(22)16(25)19(13)28,34-14-6-3-11(23)17(26)20(14)29)35-15-7-4-12(24)18(27)21(15)30/h2-7,9H,8H2,1H3. The van der Waals surface area contributed by atoms with E-state index >= 15 is 0 Å². The van der Waals surface area contributed by atoms with Gasteiger partial charge in [-0.15, -0.1) is 11.6 Å². The number of hydrogen-bond donors (Lipinski definition) is 0. The fraction of sp³-hybridized carbons (Fsp3) is 0.143. The summed E-state index contributed by atoms with van der Waals surface area (Å²) in [4.78, 5) is 0. The Bertz CT molecular complexity index is 1130. The maximum absolute atomic E-state index is 6.50. The fourth-order valence-corrected chi connectivity index (χ4v) is 9.28. The van der Waals surface area contributed by atoms with Gasteiger partial charge < -0.3 is 17.7 Å². The minimum atomic E-state index is -4.08. The number of rotatable bonds is 9. The molecule has 3 aromatic carbocycles. The summed E-state index contributed by atoms with van der Waals surface area (Å²) in [5, 5.41) is -0.340. The second-order valence-electron chi connectivity index (χ2n) is 6.92. The second kappa shape index (κ2) is 14.1. The van der Waals surface area contributed by atoms with Gasteiger partial charge in [-0.2, -0.15) is 0 Å². The molecule has 0 N–H and O–H groups in total. The molecule has 0 fully saturated rings. The van der Waals surface area contributed by atoms with Crippen LogP contribution in [0.2, 0.25) is 0 Å². The Morgan fingerprint density at radius 2 is 0.889 bits per heavy atom. The van der Waals surface area contributed by atoms with Gasteiger partial charge in [0.1, 0.15) is 17.2 Å². The molecule has 1 unspecified atom stereocenters. The quantitative estimate of drug-likeness (QED) is 0.122. The largest absolute Gasteiger partial charge is 0.893 e. The Morgan fingerprint density at radius 3 is 1.17 bits per heavy atom. The Morgan fingerprint density at radius 1 is 0.583 bits per heavy atom. The summed E-state index contributed by atoms with van der Waals surface area (Å²) in [6, 6.07) is 10.9. The summed E-state index contributed by atoms with van der Waals surface area (Å²) in [5.74, 6) is 1.33. The second-order valence-corrected chi connectivity index (χ2v) is 16.9. The molecule has 0 aliphatic carbocycles. The highest BCUT2D eigenvalue weighted by Crippen LogP contribution is 2.44. The average molecular weight is 1110 g/mol. The van der Waals surface area contributed by atoms with E-state index in [1.807, 2.05) is 25.1 Å².